The quantitative estimate of drug-likeness (QED) is 0.802. The maximum Gasteiger partial charge on any atom is 0.119 e. The van der Waals surface area contributed by atoms with Crippen molar-refractivity contribution in [1.82, 2.24) is 4.90 Å². The summed E-state index contributed by atoms with van der Waals surface area (Å²) >= 11 is 0. The van der Waals surface area contributed by atoms with Crippen LogP contribution in [-0.4, -0.2) is 37.7 Å². The lowest BCUT2D eigenvalue weighted by atomic mass is 10.1. The molecule has 1 N–H and O–H groups in total. The van der Waals surface area contributed by atoms with Crippen molar-refractivity contribution in [2.24, 2.45) is 5.92 Å². The molecule has 0 saturated carbocycles. The highest BCUT2D eigenvalue weighted by Gasteiger charge is 2.20. The van der Waals surface area contributed by atoms with E-state index >= 15 is 0 Å². The molecule has 2 aromatic rings. The fourth-order valence-electron chi connectivity index (χ4n) is 4.20. The highest BCUT2D eigenvalue weighted by Crippen LogP contribution is 2.27. The van der Waals surface area contributed by atoms with Crippen LogP contribution >= 0.6 is 0 Å². The van der Waals surface area contributed by atoms with Gasteiger partial charge < -0.3 is 10.1 Å². The molecule has 0 atom stereocenters. The molecule has 0 spiro atoms. The standard InChI is InChI=1S/C23H30N2O/c1-4-12-25(13-5-1)14-15-26-23-10-8-22(9-11-23)24-18-19-16-20-6-2-3-7-21(20)17-19/h2-3,6-11,19,24H,1,4-5,12-18H2. The van der Waals surface area contributed by atoms with Crippen molar-refractivity contribution in [3.05, 3.63) is 59.7 Å². The number of piperidine rings is 1. The second kappa shape index (κ2) is 8.59. The molecule has 3 nitrogen and oxygen atoms in total. The minimum atomic E-state index is 0.702. The van der Waals surface area contributed by atoms with Gasteiger partial charge in [-0.3, -0.25) is 4.90 Å². The Morgan fingerprint density at radius 3 is 2.27 bits per heavy atom. The van der Waals surface area contributed by atoms with Crippen molar-refractivity contribution < 1.29 is 4.74 Å². The van der Waals surface area contributed by atoms with Crippen LogP contribution in [0.25, 0.3) is 0 Å². The number of nitrogens with zero attached hydrogens (tertiary/aromatic N) is 1. The van der Waals surface area contributed by atoms with Crippen LogP contribution < -0.4 is 10.1 Å². The molecule has 0 aromatic heterocycles. The van der Waals surface area contributed by atoms with Gasteiger partial charge in [0.15, 0.2) is 0 Å². The second-order valence-electron chi connectivity index (χ2n) is 7.70. The molecule has 2 aromatic carbocycles. The molecule has 1 heterocycles. The van der Waals surface area contributed by atoms with Crippen LogP contribution in [0.15, 0.2) is 48.5 Å². The van der Waals surface area contributed by atoms with E-state index in [0.717, 1.165) is 25.4 Å². The lowest BCUT2D eigenvalue weighted by molar-refractivity contribution is 0.183. The maximum atomic E-state index is 5.91. The summed E-state index contributed by atoms with van der Waals surface area (Å²) in [5.41, 5.74) is 4.23. The van der Waals surface area contributed by atoms with Gasteiger partial charge >= 0.3 is 0 Å². The Balaban J connectivity index is 1.18. The van der Waals surface area contributed by atoms with Crippen LogP contribution in [0.3, 0.4) is 0 Å². The number of ether oxygens (including phenoxy) is 1. The average Bonchev–Trinajstić information content (AvgIpc) is 3.11. The van der Waals surface area contributed by atoms with Crippen LogP contribution in [0, 0.1) is 5.92 Å². The van der Waals surface area contributed by atoms with Gasteiger partial charge in [-0.2, -0.15) is 0 Å². The van der Waals surface area contributed by atoms with E-state index in [9.17, 15) is 0 Å². The first-order valence-corrected chi connectivity index (χ1v) is 10.1. The van der Waals surface area contributed by atoms with Crippen molar-refractivity contribution in [3.8, 4) is 5.75 Å². The van der Waals surface area contributed by atoms with Gasteiger partial charge in [0.2, 0.25) is 0 Å². The molecular formula is C23H30N2O. The lowest BCUT2D eigenvalue weighted by Crippen LogP contribution is -2.33. The Morgan fingerprint density at radius 2 is 1.58 bits per heavy atom. The Morgan fingerprint density at radius 1 is 0.885 bits per heavy atom. The number of anilines is 1. The van der Waals surface area contributed by atoms with Crippen molar-refractivity contribution in [2.45, 2.75) is 32.1 Å². The summed E-state index contributed by atoms with van der Waals surface area (Å²) in [6.45, 7) is 5.33. The summed E-state index contributed by atoms with van der Waals surface area (Å²) in [5.74, 6) is 1.67. The van der Waals surface area contributed by atoms with Crippen LogP contribution in [-0.2, 0) is 12.8 Å². The smallest absolute Gasteiger partial charge is 0.119 e. The van der Waals surface area contributed by atoms with E-state index in [0.29, 0.717) is 5.92 Å². The van der Waals surface area contributed by atoms with Gasteiger partial charge in [0.1, 0.15) is 12.4 Å². The van der Waals surface area contributed by atoms with E-state index < -0.39 is 0 Å². The molecule has 1 fully saturated rings. The van der Waals surface area contributed by atoms with Crippen LogP contribution in [0.4, 0.5) is 5.69 Å². The van der Waals surface area contributed by atoms with E-state index in [1.54, 1.807) is 0 Å². The summed E-state index contributed by atoms with van der Waals surface area (Å²) in [6.07, 6.45) is 6.46. The van der Waals surface area contributed by atoms with Crippen LogP contribution in [0.5, 0.6) is 5.75 Å². The van der Waals surface area contributed by atoms with Gasteiger partial charge in [-0.05, 0) is 80.1 Å². The van der Waals surface area contributed by atoms with E-state index in [1.165, 1.54) is 62.0 Å². The topological polar surface area (TPSA) is 24.5 Å². The van der Waals surface area contributed by atoms with Gasteiger partial charge in [0.25, 0.3) is 0 Å². The zero-order valence-corrected chi connectivity index (χ0v) is 15.6. The lowest BCUT2D eigenvalue weighted by Gasteiger charge is -2.26. The van der Waals surface area contributed by atoms with Gasteiger partial charge in [-0.1, -0.05) is 30.7 Å². The minimum absolute atomic E-state index is 0.702. The average molecular weight is 351 g/mol. The Hall–Kier alpha value is -2.00. The molecule has 26 heavy (non-hydrogen) atoms. The first-order valence-electron chi connectivity index (χ1n) is 10.1. The van der Waals surface area contributed by atoms with Gasteiger partial charge in [-0.25, -0.2) is 0 Å². The highest BCUT2D eigenvalue weighted by atomic mass is 16.5. The van der Waals surface area contributed by atoms with Gasteiger partial charge in [0.05, 0.1) is 0 Å². The maximum absolute atomic E-state index is 5.91. The van der Waals surface area contributed by atoms with E-state index in [1.807, 2.05) is 0 Å². The van der Waals surface area contributed by atoms with Gasteiger partial charge in [0, 0.05) is 18.8 Å². The third-order valence-electron chi connectivity index (χ3n) is 5.71. The Bertz CT molecular complexity index is 667. The molecule has 0 bridgehead atoms. The van der Waals surface area contributed by atoms with Crippen molar-refractivity contribution >= 4 is 5.69 Å². The fraction of sp³-hybridized carbons (Fsp3) is 0.478. The summed E-state index contributed by atoms with van der Waals surface area (Å²) in [6, 6.07) is 17.3. The van der Waals surface area contributed by atoms with Crippen LogP contribution in [0.1, 0.15) is 30.4 Å². The first kappa shape index (κ1) is 17.4. The van der Waals surface area contributed by atoms with E-state index in [4.69, 9.17) is 4.74 Å². The van der Waals surface area contributed by atoms with Crippen molar-refractivity contribution in [2.75, 3.05) is 38.1 Å². The Labute approximate surface area is 157 Å². The van der Waals surface area contributed by atoms with Gasteiger partial charge in [-0.15, -0.1) is 0 Å². The number of benzene rings is 2. The predicted molar refractivity (Wildman–Crippen MR) is 108 cm³/mol. The first-order chi connectivity index (χ1) is 12.9. The molecule has 0 radical (unpaired) electrons. The SMILES string of the molecule is c1ccc2c(c1)CC(CNc1ccc(OCCN3CCCCC3)cc1)C2. The highest BCUT2D eigenvalue weighted by molar-refractivity contribution is 5.46. The largest absolute Gasteiger partial charge is 0.492 e. The summed E-state index contributed by atoms with van der Waals surface area (Å²) in [5, 5.41) is 3.59. The molecule has 0 amide bonds. The zero-order valence-electron chi connectivity index (χ0n) is 15.6. The van der Waals surface area contributed by atoms with E-state index in [-0.39, 0.29) is 0 Å². The fourth-order valence-corrected chi connectivity index (χ4v) is 4.20. The molecule has 2 aliphatic rings. The number of hydrogen-bond donors (Lipinski definition) is 1. The molecule has 3 heteroatoms. The molecule has 1 saturated heterocycles. The number of nitrogens with one attached hydrogen (secondary N) is 1. The summed E-state index contributed by atoms with van der Waals surface area (Å²) < 4.78 is 5.91. The van der Waals surface area contributed by atoms with E-state index in [2.05, 4.69) is 58.7 Å². The number of likely N-dealkylation sites (tertiary alicyclic amines) is 1. The van der Waals surface area contributed by atoms with Crippen molar-refractivity contribution in [3.63, 3.8) is 0 Å². The van der Waals surface area contributed by atoms with Crippen LogP contribution in [0.2, 0.25) is 0 Å². The Kier molecular flexibility index (Phi) is 5.75. The molecule has 0 unspecified atom stereocenters. The van der Waals surface area contributed by atoms with Crippen molar-refractivity contribution in [1.29, 1.82) is 0 Å². The summed E-state index contributed by atoms with van der Waals surface area (Å²) in [4.78, 5) is 2.51. The normalized spacial score (nSPS) is 17.8. The predicted octanol–water partition coefficient (Wildman–Crippen LogP) is 4.38. The molecule has 4 rings (SSSR count). The molecule has 138 valence electrons. The zero-order chi connectivity index (χ0) is 17.6. The minimum Gasteiger partial charge on any atom is -0.492 e. The third-order valence-corrected chi connectivity index (χ3v) is 5.71. The number of fused-ring (bicyclic) bond motifs is 1. The monoisotopic (exact) mass is 350 g/mol. The molecular weight excluding hydrogens is 320 g/mol. The molecule has 1 aliphatic heterocycles. The number of rotatable bonds is 7. The second-order valence-corrected chi connectivity index (χ2v) is 7.70. The summed E-state index contributed by atoms with van der Waals surface area (Å²) in [7, 11) is 0. The third kappa shape index (κ3) is 4.59. The molecule has 1 aliphatic carbocycles. The number of hydrogen-bond acceptors (Lipinski definition) is 3.